The number of ether oxygens (including phenoxy) is 1. The average molecular weight is 477 g/mol. The van der Waals surface area contributed by atoms with Gasteiger partial charge in [0, 0.05) is 29.8 Å². The number of rotatable bonds is 9. The van der Waals surface area contributed by atoms with E-state index in [9.17, 15) is 9.59 Å². The quantitative estimate of drug-likeness (QED) is 0.245. The number of nitrogens with zero attached hydrogens (tertiary/aromatic N) is 1. The molecule has 0 atom stereocenters. The standard InChI is InChI=1S/C21H28Cl3N3O3/c1-15(17-5-2-3-6-18(17)25)20(29)26-13-16-8-11-27(12-9-16)10-4-7-19(28)30-14-21(22,23)24/h2-3,5-6,16H,1,4,7-14,25H2,(H,26,29). The zero-order chi connectivity index (χ0) is 22.1. The molecule has 0 bridgehead atoms. The predicted octanol–water partition coefficient (Wildman–Crippen LogP) is 3.80. The normalized spacial score (nSPS) is 15.6. The van der Waals surface area contributed by atoms with Gasteiger partial charge in [-0.3, -0.25) is 9.59 Å². The molecular weight excluding hydrogens is 449 g/mol. The van der Waals surface area contributed by atoms with Crippen molar-refractivity contribution in [2.24, 2.45) is 5.92 Å². The molecule has 2 rings (SSSR count). The summed E-state index contributed by atoms with van der Waals surface area (Å²) in [7, 11) is 0. The maximum atomic E-state index is 12.4. The minimum Gasteiger partial charge on any atom is -0.461 e. The second kappa shape index (κ2) is 11.8. The van der Waals surface area contributed by atoms with Gasteiger partial charge in [-0.05, 0) is 50.9 Å². The van der Waals surface area contributed by atoms with Crippen LogP contribution in [0.3, 0.4) is 0 Å². The summed E-state index contributed by atoms with van der Waals surface area (Å²) in [5.74, 6) is -0.137. The number of benzene rings is 1. The number of carbonyl (C=O) groups is 2. The zero-order valence-electron chi connectivity index (χ0n) is 16.8. The number of carbonyl (C=O) groups excluding carboxylic acids is 2. The van der Waals surface area contributed by atoms with Crippen LogP contribution in [0.4, 0.5) is 5.69 Å². The van der Waals surface area contributed by atoms with Gasteiger partial charge in [-0.15, -0.1) is 0 Å². The molecule has 1 aliphatic rings. The number of hydrogen-bond acceptors (Lipinski definition) is 5. The molecule has 0 aliphatic carbocycles. The van der Waals surface area contributed by atoms with E-state index in [-0.39, 0.29) is 18.5 Å². The first-order valence-corrected chi connectivity index (χ1v) is 11.1. The van der Waals surface area contributed by atoms with Crippen LogP contribution in [-0.4, -0.2) is 53.4 Å². The number of nitrogens with one attached hydrogen (secondary N) is 1. The summed E-state index contributed by atoms with van der Waals surface area (Å²) in [5.41, 5.74) is 7.50. The van der Waals surface area contributed by atoms with Gasteiger partial charge in [-0.25, -0.2) is 0 Å². The highest BCUT2D eigenvalue weighted by molar-refractivity contribution is 6.67. The molecule has 6 nitrogen and oxygen atoms in total. The lowest BCUT2D eigenvalue weighted by molar-refractivity contribution is -0.143. The number of para-hydroxylation sites is 1. The summed E-state index contributed by atoms with van der Waals surface area (Å²) in [5, 5.41) is 2.97. The third kappa shape index (κ3) is 8.72. The second-order valence-corrected chi connectivity index (χ2v) is 9.96. The SMILES string of the molecule is C=C(C(=O)NCC1CCN(CCCC(=O)OCC(Cl)(Cl)Cl)CC1)c1ccccc1N. The Hall–Kier alpha value is -1.47. The molecule has 166 valence electrons. The maximum absolute atomic E-state index is 12.4. The molecule has 0 spiro atoms. The number of anilines is 1. The molecule has 1 aromatic rings. The van der Waals surface area contributed by atoms with Crippen molar-refractivity contribution in [1.82, 2.24) is 10.2 Å². The van der Waals surface area contributed by atoms with Gasteiger partial charge in [-0.1, -0.05) is 59.6 Å². The number of likely N-dealkylation sites (tertiary alicyclic amines) is 1. The number of alkyl halides is 3. The summed E-state index contributed by atoms with van der Waals surface area (Å²) in [6, 6.07) is 7.21. The fourth-order valence-electron chi connectivity index (χ4n) is 3.33. The Balaban J connectivity index is 1.62. The molecular formula is C21H28Cl3N3O3. The Kier molecular flexibility index (Phi) is 9.75. The number of nitrogen functional groups attached to an aromatic ring is 1. The molecule has 1 amide bonds. The van der Waals surface area contributed by atoms with Crippen LogP contribution in [0.5, 0.6) is 0 Å². The van der Waals surface area contributed by atoms with Gasteiger partial charge in [0.05, 0.1) is 0 Å². The third-order valence-corrected chi connectivity index (χ3v) is 5.40. The van der Waals surface area contributed by atoms with Crippen LogP contribution < -0.4 is 11.1 Å². The van der Waals surface area contributed by atoms with Gasteiger partial charge < -0.3 is 20.7 Å². The molecule has 9 heteroatoms. The maximum Gasteiger partial charge on any atom is 0.305 e. The Morgan fingerprint density at radius 1 is 1.23 bits per heavy atom. The Labute approximate surface area is 192 Å². The van der Waals surface area contributed by atoms with Crippen molar-refractivity contribution in [3.05, 3.63) is 36.4 Å². The molecule has 0 radical (unpaired) electrons. The predicted molar refractivity (Wildman–Crippen MR) is 123 cm³/mol. The molecule has 1 saturated heterocycles. The van der Waals surface area contributed by atoms with E-state index >= 15 is 0 Å². The summed E-state index contributed by atoms with van der Waals surface area (Å²) in [6.45, 7) is 6.91. The summed E-state index contributed by atoms with van der Waals surface area (Å²) >= 11 is 16.7. The van der Waals surface area contributed by atoms with Crippen LogP contribution in [0, 0.1) is 5.92 Å². The molecule has 1 fully saturated rings. The topological polar surface area (TPSA) is 84.7 Å². The van der Waals surface area contributed by atoms with Crippen molar-refractivity contribution in [1.29, 1.82) is 0 Å². The van der Waals surface area contributed by atoms with E-state index < -0.39 is 3.79 Å². The molecule has 1 heterocycles. The highest BCUT2D eigenvalue weighted by Crippen LogP contribution is 2.26. The summed E-state index contributed by atoms with van der Waals surface area (Å²) < 4.78 is 3.34. The van der Waals surface area contributed by atoms with Crippen molar-refractivity contribution < 1.29 is 14.3 Å². The van der Waals surface area contributed by atoms with Crippen molar-refractivity contribution in [2.45, 2.75) is 29.5 Å². The largest absolute Gasteiger partial charge is 0.461 e. The van der Waals surface area contributed by atoms with Crippen LogP contribution >= 0.6 is 34.8 Å². The van der Waals surface area contributed by atoms with E-state index in [0.717, 1.165) is 32.5 Å². The highest BCUT2D eigenvalue weighted by Gasteiger charge is 2.23. The van der Waals surface area contributed by atoms with E-state index in [2.05, 4.69) is 16.8 Å². The smallest absolute Gasteiger partial charge is 0.305 e. The molecule has 0 saturated carbocycles. The highest BCUT2D eigenvalue weighted by atomic mass is 35.6. The second-order valence-electron chi connectivity index (χ2n) is 7.44. The van der Waals surface area contributed by atoms with Gasteiger partial charge in [0.1, 0.15) is 6.61 Å². The van der Waals surface area contributed by atoms with Crippen molar-refractivity contribution in [3.8, 4) is 0 Å². The molecule has 0 aromatic heterocycles. The van der Waals surface area contributed by atoms with Gasteiger partial charge in [0.25, 0.3) is 5.91 Å². The van der Waals surface area contributed by atoms with Gasteiger partial charge >= 0.3 is 5.97 Å². The van der Waals surface area contributed by atoms with Crippen molar-refractivity contribution >= 4 is 57.9 Å². The van der Waals surface area contributed by atoms with Crippen LogP contribution in [0.1, 0.15) is 31.2 Å². The lowest BCUT2D eigenvalue weighted by atomic mass is 9.96. The first-order chi connectivity index (χ1) is 14.2. The van der Waals surface area contributed by atoms with Gasteiger partial charge in [0.2, 0.25) is 3.79 Å². The molecule has 1 aromatic carbocycles. The third-order valence-electron chi connectivity index (χ3n) is 5.07. The van der Waals surface area contributed by atoms with Crippen LogP contribution in [-0.2, 0) is 14.3 Å². The fourth-order valence-corrected chi connectivity index (χ4v) is 3.50. The number of halogens is 3. The minimum absolute atomic E-state index is 0.191. The number of piperidine rings is 1. The minimum atomic E-state index is -1.58. The summed E-state index contributed by atoms with van der Waals surface area (Å²) in [6.07, 6.45) is 2.95. The van der Waals surface area contributed by atoms with E-state index in [1.54, 1.807) is 12.1 Å². The Morgan fingerprint density at radius 3 is 2.53 bits per heavy atom. The molecule has 3 N–H and O–H groups in total. The number of esters is 1. The van der Waals surface area contributed by atoms with Gasteiger partial charge in [-0.2, -0.15) is 0 Å². The Bertz CT molecular complexity index is 745. The van der Waals surface area contributed by atoms with Crippen molar-refractivity contribution in [3.63, 3.8) is 0 Å². The molecule has 30 heavy (non-hydrogen) atoms. The van der Waals surface area contributed by atoms with E-state index in [0.29, 0.717) is 42.1 Å². The number of amides is 1. The van der Waals surface area contributed by atoms with Crippen molar-refractivity contribution in [2.75, 3.05) is 38.5 Å². The first-order valence-electron chi connectivity index (χ1n) is 9.92. The zero-order valence-corrected chi connectivity index (χ0v) is 19.1. The monoisotopic (exact) mass is 475 g/mol. The van der Waals surface area contributed by atoms with Crippen LogP contribution in [0.15, 0.2) is 30.8 Å². The van der Waals surface area contributed by atoms with Crippen LogP contribution in [0.2, 0.25) is 0 Å². The van der Waals surface area contributed by atoms with Gasteiger partial charge in [0.15, 0.2) is 0 Å². The lowest BCUT2D eigenvalue weighted by Gasteiger charge is -2.32. The first kappa shape index (κ1) is 24.8. The van der Waals surface area contributed by atoms with E-state index in [1.807, 2.05) is 12.1 Å². The number of nitrogens with two attached hydrogens (primary N) is 1. The van der Waals surface area contributed by atoms with E-state index in [4.69, 9.17) is 45.3 Å². The lowest BCUT2D eigenvalue weighted by Crippen LogP contribution is -2.39. The Morgan fingerprint density at radius 2 is 1.90 bits per heavy atom. The fraction of sp³-hybridized carbons (Fsp3) is 0.524. The molecule has 1 aliphatic heterocycles. The van der Waals surface area contributed by atoms with Crippen LogP contribution in [0.25, 0.3) is 5.57 Å². The summed E-state index contributed by atoms with van der Waals surface area (Å²) in [4.78, 5) is 26.3. The van der Waals surface area contributed by atoms with E-state index in [1.165, 1.54) is 0 Å². The average Bonchev–Trinajstić information content (AvgIpc) is 2.71. The number of hydrogen-bond donors (Lipinski definition) is 2. The molecule has 0 unspecified atom stereocenters.